The van der Waals surface area contributed by atoms with E-state index in [9.17, 15) is 14.3 Å². The lowest BCUT2D eigenvalue weighted by molar-refractivity contribution is -0.154. The molecule has 0 aliphatic rings. The third-order valence-corrected chi connectivity index (χ3v) is 7.26. The molecule has 9 heteroatoms. The molecule has 222 valence electrons. The van der Waals surface area contributed by atoms with Gasteiger partial charge in [-0.1, -0.05) is 117 Å². The van der Waals surface area contributed by atoms with E-state index in [4.69, 9.17) is 24.3 Å². The van der Waals surface area contributed by atoms with Crippen LogP contribution in [-0.2, 0) is 27.9 Å². The third-order valence-electron chi connectivity index (χ3n) is 6.27. The molecule has 0 spiro atoms. The number of carbonyl (C=O) groups excluding carboxylic acids is 1. The molecule has 0 rings (SSSR count). The molecule has 0 fully saturated rings. The molecule has 8 nitrogen and oxygen atoms in total. The molecule has 37 heavy (non-hydrogen) atoms. The molecular formula is C28H58NO7P. The van der Waals surface area contributed by atoms with E-state index >= 15 is 0 Å². The summed E-state index contributed by atoms with van der Waals surface area (Å²) in [6.45, 7) is 4.88. The van der Waals surface area contributed by atoms with Gasteiger partial charge in [0.25, 0.3) is 0 Å². The lowest BCUT2D eigenvalue weighted by Crippen LogP contribution is -2.28. The summed E-state index contributed by atoms with van der Waals surface area (Å²) in [6.07, 6.45) is 21.2. The van der Waals surface area contributed by atoms with Crippen molar-refractivity contribution in [3.63, 3.8) is 0 Å². The van der Waals surface area contributed by atoms with Gasteiger partial charge >= 0.3 is 13.8 Å². The number of phosphoric acid groups is 1. The van der Waals surface area contributed by atoms with Crippen LogP contribution in [0.15, 0.2) is 0 Å². The molecule has 0 aromatic heterocycles. The van der Waals surface area contributed by atoms with Crippen LogP contribution in [0.5, 0.6) is 0 Å². The van der Waals surface area contributed by atoms with Gasteiger partial charge in [0.1, 0.15) is 6.10 Å². The Balaban J connectivity index is 4.17. The van der Waals surface area contributed by atoms with E-state index in [-0.39, 0.29) is 32.3 Å². The van der Waals surface area contributed by atoms with Crippen LogP contribution in [0, 0.1) is 0 Å². The van der Waals surface area contributed by atoms with Gasteiger partial charge < -0.3 is 20.1 Å². The zero-order valence-corrected chi connectivity index (χ0v) is 24.9. The van der Waals surface area contributed by atoms with Crippen LogP contribution in [0.3, 0.4) is 0 Å². The molecule has 2 atom stereocenters. The second kappa shape index (κ2) is 27.1. The summed E-state index contributed by atoms with van der Waals surface area (Å²) in [6, 6.07) is 0. The smallest absolute Gasteiger partial charge is 0.457 e. The summed E-state index contributed by atoms with van der Waals surface area (Å²) in [4.78, 5) is 22.1. The molecule has 0 aliphatic heterocycles. The first-order valence-corrected chi connectivity index (χ1v) is 16.5. The third kappa shape index (κ3) is 26.9. The first-order chi connectivity index (χ1) is 17.9. The number of carbonyl (C=O) groups is 1. The maximum Gasteiger partial charge on any atom is 0.472 e. The van der Waals surface area contributed by atoms with Gasteiger partial charge in [-0.25, -0.2) is 4.57 Å². The normalized spacial score (nSPS) is 13.9. The van der Waals surface area contributed by atoms with E-state index in [1.54, 1.807) is 0 Å². The molecule has 0 aromatic carbocycles. The Kier molecular flexibility index (Phi) is 26.7. The zero-order valence-electron chi connectivity index (χ0n) is 24.0. The summed E-state index contributed by atoms with van der Waals surface area (Å²) >= 11 is 0. The lowest BCUT2D eigenvalue weighted by Gasteiger charge is -2.20. The second-order valence-electron chi connectivity index (χ2n) is 9.98. The molecule has 0 saturated carbocycles. The molecule has 0 aliphatic carbocycles. The van der Waals surface area contributed by atoms with E-state index in [1.165, 1.54) is 83.5 Å². The van der Waals surface area contributed by atoms with Gasteiger partial charge in [-0.3, -0.25) is 13.8 Å². The van der Waals surface area contributed by atoms with Gasteiger partial charge in [-0.05, 0) is 12.8 Å². The Morgan fingerprint density at radius 2 is 1.19 bits per heavy atom. The largest absolute Gasteiger partial charge is 0.472 e. The molecular weight excluding hydrogens is 493 g/mol. The van der Waals surface area contributed by atoms with Crippen molar-refractivity contribution in [2.45, 2.75) is 142 Å². The molecule has 0 aromatic rings. The van der Waals surface area contributed by atoms with Crippen molar-refractivity contribution in [3.8, 4) is 0 Å². The van der Waals surface area contributed by atoms with Gasteiger partial charge in [0.2, 0.25) is 0 Å². The highest BCUT2D eigenvalue weighted by Crippen LogP contribution is 2.43. The fraction of sp³-hybridized carbons (Fsp3) is 0.964. The van der Waals surface area contributed by atoms with Crippen LogP contribution in [0.4, 0.5) is 0 Å². The lowest BCUT2D eigenvalue weighted by atomic mass is 10.1. The average Bonchev–Trinajstić information content (AvgIpc) is 2.88. The molecule has 0 saturated heterocycles. The minimum absolute atomic E-state index is 0.0914. The van der Waals surface area contributed by atoms with Gasteiger partial charge in [0.15, 0.2) is 0 Å². The Labute approximate surface area is 227 Å². The molecule has 2 unspecified atom stereocenters. The number of nitrogens with two attached hydrogens (primary N) is 1. The van der Waals surface area contributed by atoms with E-state index in [2.05, 4.69) is 13.8 Å². The highest BCUT2D eigenvalue weighted by Gasteiger charge is 2.25. The van der Waals surface area contributed by atoms with Crippen LogP contribution in [0.2, 0.25) is 0 Å². The van der Waals surface area contributed by atoms with Crippen molar-refractivity contribution in [1.82, 2.24) is 0 Å². The van der Waals surface area contributed by atoms with Crippen LogP contribution in [0.25, 0.3) is 0 Å². The summed E-state index contributed by atoms with van der Waals surface area (Å²) < 4.78 is 33.0. The number of phosphoric ester groups is 1. The molecule has 3 N–H and O–H groups in total. The minimum atomic E-state index is -4.25. The number of hydrogen-bond donors (Lipinski definition) is 2. The van der Waals surface area contributed by atoms with E-state index in [1.807, 2.05) is 0 Å². The van der Waals surface area contributed by atoms with Crippen LogP contribution >= 0.6 is 7.82 Å². The Bertz CT molecular complexity index is 551. The van der Waals surface area contributed by atoms with E-state index < -0.39 is 13.9 Å². The van der Waals surface area contributed by atoms with E-state index in [0.717, 1.165) is 32.1 Å². The molecule has 0 heterocycles. The zero-order chi connectivity index (χ0) is 27.5. The molecule has 0 radical (unpaired) electrons. The number of hydrogen-bond acceptors (Lipinski definition) is 7. The fourth-order valence-electron chi connectivity index (χ4n) is 4.05. The SMILES string of the molecule is CCCCCCCCCCCCOCC(COP(=O)(O)OCCN)OC(=O)CCCCCCCCCC. The highest BCUT2D eigenvalue weighted by atomic mass is 31.2. The van der Waals surface area contributed by atoms with Gasteiger partial charge in [-0.2, -0.15) is 0 Å². The van der Waals surface area contributed by atoms with E-state index in [0.29, 0.717) is 13.0 Å². The standard InChI is InChI=1S/C28H58NO7P/c1-3-5-7-9-11-13-14-16-18-20-23-33-25-27(26-35-37(31,32)34-24-22-29)36-28(30)21-19-17-15-12-10-8-6-4-2/h27H,3-26,29H2,1-2H3,(H,31,32). The molecule has 0 amide bonds. The van der Waals surface area contributed by atoms with Crippen molar-refractivity contribution < 1.29 is 32.8 Å². The van der Waals surface area contributed by atoms with Gasteiger partial charge in [0.05, 0.1) is 19.8 Å². The Morgan fingerprint density at radius 3 is 1.70 bits per heavy atom. The first-order valence-electron chi connectivity index (χ1n) is 15.0. The summed E-state index contributed by atoms with van der Waals surface area (Å²) in [5.74, 6) is -0.335. The second-order valence-corrected chi connectivity index (χ2v) is 11.4. The van der Waals surface area contributed by atoms with Crippen molar-refractivity contribution >= 4 is 13.8 Å². The predicted octanol–water partition coefficient (Wildman–Crippen LogP) is 7.46. The van der Waals surface area contributed by atoms with Gasteiger partial charge in [0, 0.05) is 19.6 Å². The summed E-state index contributed by atoms with van der Waals surface area (Å²) in [5, 5.41) is 0. The monoisotopic (exact) mass is 551 g/mol. The number of rotatable bonds is 29. The topological polar surface area (TPSA) is 117 Å². The maximum absolute atomic E-state index is 12.3. The fourth-order valence-corrected chi connectivity index (χ4v) is 4.82. The maximum atomic E-state index is 12.3. The number of unbranched alkanes of at least 4 members (excludes halogenated alkanes) is 16. The minimum Gasteiger partial charge on any atom is -0.457 e. The van der Waals surface area contributed by atoms with Crippen molar-refractivity contribution in [2.75, 3.05) is 33.0 Å². The summed E-state index contributed by atoms with van der Waals surface area (Å²) in [7, 11) is -4.25. The van der Waals surface area contributed by atoms with Crippen molar-refractivity contribution in [2.24, 2.45) is 5.73 Å². The van der Waals surface area contributed by atoms with Gasteiger partial charge in [-0.15, -0.1) is 0 Å². The summed E-state index contributed by atoms with van der Waals surface area (Å²) in [5.41, 5.74) is 5.31. The molecule has 0 bridgehead atoms. The first kappa shape index (κ1) is 36.5. The average molecular weight is 552 g/mol. The van der Waals surface area contributed by atoms with Crippen LogP contribution < -0.4 is 5.73 Å². The quantitative estimate of drug-likeness (QED) is 0.0559. The van der Waals surface area contributed by atoms with Crippen molar-refractivity contribution in [1.29, 1.82) is 0 Å². The number of ether oxygens (including phenoxy) is 2. The number of esters is 1. The van der Waals surface area contributed by atoms with Crippen molar-refractivity contribution in [3.05, 3.63) is 0 Å². The Hall–Kier alpha value is -0.500. The van der Waals surface area contributed by atoms with Crippen LogP contribution in [0.1, 0.15) is 136 Å². The highest BCUT2D eigenvalue weighted by molar-refractivity contribution is 7.47. The Morgan fingerprint density at radius 1 is 0.703 bits per heavy atom. The predicted molar refractivity (Wildman–Crippen MR) is 151 cm³/mol. The van der Waals surface area contributed by atoms with Crippen LogP contribution in [-0.4, -0.2) is 49.9 Å².